The first-order valence-corrected chi connectivity index (χ1v) is 5.21. The summed E-state index contributed by atoms with van der Waals surface area (Å²) in [5, 5.41) is 3.62. The van der Waals surface area contributed by atoms with Gasteiger partial charge in [0.25, 0.3) is 5.89 Å². The summed E-state index contributed by atoms with van der Waals surface area (Å²) in [7, 11) is 0. The molecule has 2 N–H and O–H groups in total. The van der Waals surface area contributed by atoms with Crippen LogP contribution in [-0.4, -0.2) is 10.1 Å². The number of hydrogen-bond donors (Lipinski definition) is 1. The fraction of sp³-hybridized carbons (Fsp3) is 0.273. The molecule has 1 aromatic heterocycles. The molecule has 0 saturated carbocycles. The number of aryl methyl sites for hydroxylation is 1. The van der Waals surface area contributed by atoms with E-state index in [1.165, 1.54) is 6.07 Å². The second-order valence-corrected chi connectivity index (χ2v) is 3.67. The number of aromatic nitrogens is 2. The van der Waals surface area contributed by atoms with Crippen molar-refractivity contribution < 1.29 is 17.7 Å². The van der Waals surface area contributed by atoms with E-state index in [9.17, 15) is 13.2 Å². The highest BCUT2D eigenvalue weighted by Gasteiger charge is 2.31. The van der Waals surface area contributed by atoms with Gasteiger partial charge in [-0.05, 0) is 18.2 Å². The predicted molar refractivity (Wildman–Crippen MR) is 58.5 cm³/mol. The molecule has 0 radical (unpaired) electrons. The Kier molecular flexibility index (Phi) is 2.98. The average molecular weight is 257 g/mol. The van der Waals surface area contributed by atoms with Gasteiger partial charge in [-0.15, -0.1) is 0 Å². The minimum atomic E-state index is -4.43. The van der Waals surface area contributed by atoms with Crippen LogP contribution in [0, 0.1) is 0 Å². The Morgan fingerprint density at radius 1 is 1.33 bits per heavy atom. The second-order valence-electron chi connectivity index (χ2n) is 3.67. The Morgan fingerprint density at radius 2 is 2.06 bits per heavy atom. The van der Waals surface area contributed by atoms with Gasteiger partial charge in [-0.3, -0.25) is 0 Å². The maximum absolute atomic E-state index is 12.6. The molecule has 0 aliphatic rings. The van der Waals surface area contributed by atoms with Crippen LogP contribution >= 0.6 is 0 Å². The van der Waals surface area contributed by atoms with Crippen LogP contribution in [0.15, 0.2) is 22.7 Å². The van der Waals surface area contributed by atoms with Gasteiger partial charge >= 0.3 is 6.18 Å². The molecule has 2 aromatic rings. The van der Waals surface area contributed by atoms with Crippen LogP contribution in [0.5, 0.6) is 0 Å². The van der Waals surface area contributed by atoms with Crippen molar-refractivity contribution in [2.45, 2.75) is 19.5 Å². The summed E-state index contributed by atoms with van der Waals surface area (Å²) in [5.41, 5.74) is 5.07. The largest absolute Gasteiger partial charge is 0.416 e. The Balaban J connectivity index is 2.49. The number of rotatable bonds is 2. The van der Waals surface area contributed by atoms with Crippen LogP contribution in [0.3, 0.4) is 0 Å². The van der Waals surface area contributed by atoms with Gasteiger partial charge in [0, 0.05) is 12.1 Å². The van der Waals surface area contributed by atoms with E-state index in [0.29, 0.717) is 12.2 Å². The molecule has 0 unspecified atom stereocenters. The van der Waals surface area contributed by atoms with E-state index in [4.69, 9.17) is 10.3 Å². The molecule has 7 heteroatoms. The fourth-order valence-corrected chi connectivity index (χ4v) is 1.42. The van der Waals surface area contributed by atoms with Crippen LogP contribution in [0.1, 0.15) is 18.3 Å². The molecule has 0 saturated heterocycles. The van der Waals surface area contributed by atoms with Crippen molar-refractivity contribution in [3.8, 4) is 11.5 Å². The highest BCUT2D eigenvalue weighted by atomic mass is 19.4. The van der Waals surface area contributed by atoms with Crippen molar-refractivity contribution in [2.75, 3.05) is 5.73 Å². The van der Waals surface area contributed by atoms with Crippen LogP contribution in [-0.2, 0) is 12.6 Å². The van der Waals surface area contributed by atoms with Gasteiger partial charge in [0.1, 0.15) is 0 Å². The minimum Gasteiger partial charge on any atom is -0.398 e. The lowest BCUT2D eigenvalue weighted by Crippen LogP contribution is -2.05. The zero-order valence-corrected chi connectivity index (χ0v) is 9.45. The van der Waals surface area contributed by atoms with Gasteiger partial charge in [-0.25, -0.2) is 0 Å². The molecule has 0 bridgehead atoms. The number of hydrogen-bond acceptors (Lipinski definition) is 4. The van der Waals surface area contributed by atoms with Crippen molar-refractivity contribution in [1.29, 1.82) is 0 Å². The first-order chi connectivity index (χ1) is 8.41. The molecule has 0 aliphatic carbocycles. The smallest absolute Gasteiger partial charge is 0.398 e. The summed E-state index contributed by atoms with van der Waals surface area (Å²) in [4.78, 5) is 3.96. The first-order valence-electron chi connectivity index (χ1n) is 5.21. The number of nitrogens with two attached hydrogens (primary N) is 1. The summed E-state index contributed by atoms with van der Waals surface area (Å²) < 4.78 is 42.6. The molecular formula is C11H10F3N3O. The minimum absolute atomic E-state index is 0.00421. The van der Waals surface area contributed by atoms with E-state index >= 15 is 0 Å². The third-order valence-corrected chi connectivity index (χ3v) is 2.40. The van der Waals surface area contributed by atoms with E-state index in [1.807, 2.05) is 6.92 Å². The topological polar surface area (TPSA) is 64.9 Å². The van der Waals surface area contributed by atoms with E-state index < -0.39 is 11.7 Å². The highest BCUT2D eigenvalue weighted by Crippen LogP contribution is 2.34. The molecule has 1 heterocycles. The third kappa shape index (κ3) is 2.29. The Labute approximate surface area is 101 Å². The molecule has 0 aliphatic heterocycles. The number of halogens is 3. The molecule has 0 amide bonds. The summed E-state index contributed by atoms with van der Waals surface area (Å²) >= 11 is 0. The molecule has 4 nitrogen and oxygen atoms in total. The quantitative estimate of drug-likeness (QED) is 0.840. The number of alkyl halides is 3. The second kappa shape index (κ2) is 4.32. The Morgan fingerprint density at radius 3 is 2.61 bits per heavy atom. The van der Waals surface area contributed by atoms with Gasteiger partial charge in [0.15, 0.2) is 5.82 Å². The fourth-order valence-electron chi connectivity index (χ4n) is 1.42. The normalized spacial score (nSPS) is 11.8. The summed E-state index contributed by atoms with van der Waals surface area (Å²) in [6, 6.07) is 2.99. The standard InChI is InChI=1S/C11H10F3N3O/c1-2-9-16-10(18-17-9)7-5-6(11(12,13)14)3-4-8(7)15/h3-5H,2,15H2,1H3. The van der Waals surface area contributed by atoms with Gasteiger partial charge in [0.2, 0.25) is 0 Å². The third-order valence-electron chi connectivity index (χ3n) is 2.40. The number of benzene rings is 1. The Bertz CT molecular complexity index is 563. The van der Waals surface area contributed by atoms with Crippen molar-refractivity contribution in [2.24, 2.45) is 0 Å². The lowest BCUT2D eigenvalue weighted by Gasteiger charge is -2.08. The SMILES string of the molecule is CCc1noc(-c2cc(C(F)(F)F)ccc2N)n1. The molecule has 0 spiro atoms. The van der Waals surface area contributed by atoms with Crippen LogP contribution in [0.4, 0.5) is 18.9 Å². The van der Waals surface area contributed by atoms with Crippen LogP contribution in [0.2, 0.25) is 0 Å². The van der Waals surface area contributed by atoms with Gasteiger partial charge in [-0.2, -0.15) is 18.2 Å². The van der Waals surface area contributed by atoms with Crippen molar-refractivity contribution >= 4 is 5.69 Å². The highest BCUT2D eigenvalue weighted by molar-refractivity contribution is 5.71. The molecule has 2 rings (SSSR count). The van der Waals surface area contributed by atoms with Crippen molar-refractivity contribution in [3.63, 3.8) is 0 Å². The molecule has 0 fully saturated rings. The van der Waals surface area contributed by atoms with E-state index in [2.05, 4.69) is 10.1 Å². The van der Waals surface area contributed by atoms with Crippen LogP contribution in [0.25, 0.3) is 11.5 Å². The monoisotopic (exact) mass is 257 g/mol. The first kappa shape index (κ1) is 12.4. The maximum atomic E-state index is 12.6. The number of nitrogen functional groups attached to an aromatic ring is 1. The van der Waals surface area contributed by atoms with Crippen molar-refractivity contribution in [1.82, 2.24) is 10.1 Å². The molecule has 0 atom stereocenters. The van der Waals surface area contributed by atoms with Gasteiger partial charge < -0.3 is 10.3 Å². The van der Waals surface area contributed by atoms with Gasteiger partial charge in [0.05, 0.1) is 11.1 Å². The summed E-state index contributed by atoms with van der Waals surface area (Å²) in [6.07, 6.45) is -3.90. The van der Waals surface area contributed by atoms with Crippen molar-refractivity contribution in [3.05, 3.63) is 29.6 Å². The average Bonchev–Trinajstić information content (AvgIpc) is 2.76. The Hall–Kier alpha value is -2.05. The van der Waals surface area contributed by atoms with E-state index in [0.717, 1.165) is 12.1 Å². The summed E-state index contributed by atoms with van der Waals surface area (Å²) in [5.74, 6) is 0.414. The predicted octanol–water partition coefficient (Wildman–Crippen LogP) is 2.90. The zero-order chi connectivity index (χ0) is 13.3. The molecule has 18 heavy (non-hydrogen) atoms. The van der Waals surface area contributed by atoms with E-state index in [1.54, 1.807) is 0 Å². The summed E-state index contributed by atoms with van der Waals surface area (Å²) in [6.45, 7) is 1.81. The lowest BCUT2D eigenvalue weighted by molar-refractivity contribution is -0.137. The maximum Gasteiger partial charge on any atom is 0.416 e. The number of anilines is 1. The lowest BCUT2D eigenvalue weighted by atomic mass is 10.1. The molecule has 96 valence electrons. The molecular weight excluding hydrogens is 247 g/mol. The van der Waals surface area contributed by atoms with E-state index in [-0.39, 0.29) is 17.1 Å². The van der Waals surface area contributed by atoms with Gasteiger partial charge in [-0.1, -0.05) is 12.1 Å². The number of nitrogens with zero attached hydrogens (tertiary/aromatic N) is 2. The molecule has 1 aromatic carbocycles. The zero-order valence-electron chi connectivity index (χ0n) is 9.45. The van der Waals surface area contributed by atoms with Crippen LogP contribution < -0.4 is 5.73 Å².